The molecule has 0 radical (unpaired) electrons. The summed E-state index contributed by atoms with van der Waals surface area (Å²) in [5.41, 5.74) is -0.0175. The van der Waals surface area contributed by atoms with Gasteiger partial charge in [-0.25, -0.2) is 4.98 Å². The van der Waals surface area contributed by atoms with Gasteiger partial charge in [0.15, 0.2) is 0 Å². The first kappa shape index (κ1) is 14.2. The standard InChI is InChI=1S/C13H21N3O2S/c1-13(2,3)11-14-12(19-15-11)16-6-4-9(5-7-16)8-10(17)18/h9H,4-8H2,1-3H3,(H,17,18). The third-order valence-corrected chi connectivity index (χ3v) is 4.21. The highest BCUT2D eigenvalue weighted by Crippen LogP contribution is 2.29. The second kappa shape index (κ2) is 5.45. The minimum atomic E-state index is -0.690. The van der Waals surface area contributed by atoms with Gasteiger partial charge in [0.25, 0.3) is 0 Å². The van der Waals surface area contributed by atoms with E-state index in [-0.39, 0.29) is 11.8 Å². The van der Waals surface area contributed by atoms with Gasteiger partial charge in [0.1, 0.15) is 5.82 Å². The number of aromatic nitrogens is 2. The Bertz CT molecular complexity index is 445. The zero-order valence-corrected chi connectivity index (χ0v) is 12.5. The fourth-order valence-corrected chi connectivity index (χ4v) is 3.13. The van der Waals surface area contributed by atoms with E-state index < -0.39 is 5.97 Å². The molecule has 1 fully saturated rings. The summed E-state index contributed by atoms with van der Waals surface area (Å²) < 4.78 is 4.42. The zero-order chi connectivity index (χ0) is 14.0. The van der Waals surface area contributed by atoms with Crippen LogP contribution in [-0.2, 0) is 10.2 Å². The van der Waals surface area contributed by atoms with Gasteiger partial charge in [0, 0.05) is 36.5 Å². The summed E-state index contributed by atoms with van der Waals surface area (Å²) in [5, 5.41) is 9.78. The van der Waals surface area contributed by atoms with Gasteiger partial charge < -0.3 is 10.0 Å². The van der Waals surface area contributed by atoms with Gasteiger partial charge in [-0.3, -0.25) is 4.79 Å². The van der Waals surface area contributed by atoms with Crippen LogP contribution in [0.25, 0.3) is 0 Å². The van der Waals surface area contributed by atoms with Gasteiger partial charge in [-0.2, -0.15) is 4.37 Å². The van der Waals surface area contributed by atoms with Crippen LogP contribution in [0.2, 0.25) is 0 Å². The molecule has 0 bridgehead atoms. The Kier molecular flexibility index (Phi) is 4.08. The molecule has 1 aliphatic rings. The average Bonchev–Trinajstić information content (AvgIpc) is 2.78. The fraction of sp³-hybridized carbons (Fsp3) is 0.769. The lowest BCUT2D eigenvalue weighted by molar-refractivity contribution is -0.138. The molecule has 19 heavy (non-hydrogen) atoms. The number of aliphatic carboxylic acids is 1. The lowest BCUT2D eigenvalue weighted by Gasteiger charge is -2.30. The first-order valence-electron chi connectivity index (χ1n) is 6.67. The third-order valence-electron chi connectivity index (χ3n) is 3.43. The Morgan fingerprint density at radius 2 is 2.05 bits per heavy atom. The molecule has 1 saturated heterocycles. The minimum Gasteiger partial charge on any atom is -0.481 e. The molecule has 0 aliphatic carbocycles. The summed E-state index contributed by atoms with van der Waals surface area (Å²) in [4.78, 5) is 17.5. The van der Waals surface area contributed by atoms with E-state index in [1.54, 1.807) is 0 Å². The predicted molar refractivity (Wildman–Crippen MR) is 75.8 cm³/mol. The molecule has 106 valence electrons. The Morgan fingerprint density at radius 1 is 1.42 bits per heavy atom. The van der Waals surface area contributed by atoms with Crippen LogP contribution in [0.4, 0.5) is 5.13 Å². The first-order valence-corrected chi connectivity index (χ1v) is 7.44. The van der Waals surface area contributed by atoms with Crippen molar-refractivity contribution in [3.05, 3.63) is 5.82 Å². The Morgan fingerprint density at radius 3 is 2.53 bits per heavy atom. The largest absolute Gasteiger partial charge is 0.481 e. The fourth-order valence-electron chi connectivity index (χ4n) is 2.22. The molecule has 0 unspecified atom stereocenters. The smallest absolute Gasteiger partial charge is 0.303 e. The zero-order valence-electron chi connectivity index (χ0n) is 11.7. The van der Waals surface area contributed by atoms with Crippen molar-refractivity contribution in [1.29, 1.82) is 0 Å². The van der Waals surface area contributed by atoms with Crippen molar-refractivity contribution in [3.63, 3.8) is 0 Å². The van der Waals surface area contributed by atoms with Gasteiger partial charge in [-0.1, -0.05) is 20.8 Å². The van der Waals surface area contributed by atoms with Crippen molar-refractivity contribution in [2.45, 2.75) is 45.4 Å². The van der Waals surface area contributed by atoms with Crippen molar-refractivity contribution in [3.8, 4) is 0 Å². The highest BCUT2D eigenvalue weighted by Gasteiger charge is 2.25. The third kappa shape index (κ3) is 3.65. The van der Waals surface area contributed by atoms with E-state index in [2.05, 4.69) is 35.0 Å². The first-order chi connectivity index (χ1) is 8.86. The summed E-state index contributed by atoms with van der Waals surface area (Å²) in [7, 11) is 0. The molecule has 0 amide bonds. The maximum absolute atomic E-state index is 10.7. The van der Waals surface area contributed by atoms with Crippen LogP contribution in [-0.4, -0.2) is 33.5 Å². The Hall–Kier alpha value is -1.17. The Balaban J connectivity index is 1.94. The van der Waals surface area contributed by atoms with Crippen LogP contribution >= 0.6 is 11.5 Å². The van der Waals surface area contributed by atoms with Crippen molar-refractivity contribution >= 4 is 22.6 Å². The SMILES string of the molecule is CC(C)(C)c1nsc(N2CCC(CC(=O)O)CC2)n1. The molecule has 1 aromatic heterocycles. The molecule has 0 atom stereocenters. The van der Waals surface area contributed by atoms with Gasteiger partial charge in [-0.05, 0) is 18.8 Å². The average molecular weight is 283 g/mol. The van der Waals surface area contributed by atoms with Gasteiger partial charge >= 0.3 is 5.97 Å². The van der Waals surface area contributed by atoms with Crippen molar-refractivity contribution in [2.24, 2.45) is 5.92 Å². The molecule has 2 heterocycles. The lowest BCUT2D eigenvalue weighted by atomic mass is 9.94. The number of hydrogen-bond donors (Lipinski definition) is 1. The van der Waals surface area contributed by atoms with E-state index in [0.717, 1.165) is 36.9 Å². The molecule has 1 aliphatic heterocycles. The molecule has 0 spiro atoms. The summed E-state index contributed by atoms with van der Waals surface area (Å²) in [5.74, 6) is 0.508. The number of rotatable bonds is 3. The van der Waals surface area contributed by atoms with Crippen molar-refractivity contribution in [1.82, 2.24) is 9.36 Å². The topological polar surface area (TPSA) is 66.3 Å². The van der Waals surface area contributed by atoms with Crippen LogP contribution in [0.1, 0.15) is 45.9 Å². The quantitative estimate of drug-likeness (QED) is 0.923. The summed E-state index contributed by atoms with van der Waals surface area (Å²) in [6, 6.07) is 0. The lowest BCUT2D eigenvalue weighted by Crippen LogP contribution is -2.34. The highest BCUT2D eigenvalue weighted by molar-refractivity contribution is 7.09. The second-order valence-corrected chi connectivity index (χ2v) is 6.91. The summed E-state index contributed by atoms with van der Waals surface area (Å²) >= 11 is 1.45. The van der Waals surface area contributed by atoms with E-state index in [9.17, 15) is 4.79 Å². The van der Waals surface area contributed by atoms with E-state index in [0.29, 0.717) is 5.92 Å². The van der Waals surface area contributed by atoms with Gasteiger partial charge in [-0.15, -0.1) is 0 Å². The van der Waals surface area contributed by atoms with E-state index in [1.165, 1.54) is 11.5 Å². The molecule has 2 rings (SSSR count). The predicted octanol–water partition coefficient (Wildman–Crippen LogP) is 2.53. The molecular formula is C13H21N3O2S. The van der Waals surface area contributed by atoms with Crippen LogP contribution in [0, 0.1) is 5.92 Å². The molecule has 5 nitrogen and oxygen atoms in total. The van der Waals surface area contributed by atoms with Crippen LogP contribution in [0.3, 0.4) is 0 Å². The van der Waals surface area contributed by atoms with E-state index in [1.807, 2.05) is 0 Å². The van der Waals surface area contributed by atoms with E-state index >= 15 is 0 Å². The normalized spacial score (nSPS) is 17.7. The molecule has 1 N–H and O–H groups in total. The number of carbonyl (C=O) groups is 1. The van der Waals surface area contributed by atoms with Crippen molar-refractivity contribution < 1.29 is 9.90 Å². The maximum atomic E-state index is 10.7. The Labute approximate surface area is 117 Å². The molecule has 1 aromatic rings. The van der Waals surface area contributed by atoms with Crippen LogP contribution < -0.4 is 4.90 Å². The maximum Gasteiger partial charge on any atom is 0.303 e. The molecular weight excluding hydrogens is 262 g/mol. The minimum absolute atomic E-state index is 0.0175. The van der Waals surface area contributed by atoms with E-state index in [4.69, 9.17) is 5.11 Å². The number of hydrogen-bond acceptors (Lipinski definition) is 5. The number of carboxylic acid groups (broad SMARTS) is 1. The highest BCUT2D eigenvalue weighted by atomic mass is 32.1. The van der Waals surface area contributed by atoms with Gasteiger partial charge in [0.05, 0.1) is 0 Å². The number of carboxylic acids is 1. The van der Waals surface area contributed by atoms with Crippen LogP contribution in [0.5, 0.6) is 0 Å². The number of nitrogens with zero attached hydrogens (tertiary/aromatic N) is 3. The summed E-state index contributed by atoms with van der Waals surface area (Å²) in [6.07, 6.45) is 2.14. The van der Waals surface area contributed by atoms with Crippen LogP contribution in [0.15, 0.2) is 0 Å². The monoisotopic (exact) mass is 283 g/mol. The molecule has 0 aromatic carbocycles. The number of anilines is 1. The number of piperidine rings is 1. The second-order valence-electron chi connectivity index (χ2n) is 6.18. The molecule has 6 heteroatoms. The van der Waals surface area contributed by atoms with Gasteiger partial charge in [0.2, 0.25) is 5.13 Å². The molecule has 0 saturated carbocycles. The van der Waals surface area contributed by atoms with Crippen molar-refractivity contribution in [2.75, 3.05) is 18.0 Å². The summed E-state index contributed by atoms with van der Waals surface area (Å²) in [6.45, 7) is 8.10.